The average molecular weight is 263 g/mol. The molecule has 0 saturated carbocycles. The first kappa shape index (κ1) is 8.70. The van der Waals surface area contributed by atoms with Gasteiger partial charge in [-0.2, -0.15) is 0 Å². The van der Waals surface area contributed by atoms with Gasteiger partial charge in [-0.05, 0) is 23.6 Å². The van der Waals surface area contributed by atoms with Gasteiger partial charge in [0.25, 0.3) is 0 Å². The molecule has 0 spiro atoms. The van der Waals surface area contributed by atoms with Crippen LogP contribution in [0.2, 0.25) is 0 Å². The molecule has 0 N–H and O–H groups in total. The number of hydrogen-bond acceptors (Lipinski definition) is 1. The molecule has 3 rings (SSSR count). The van der Waals surface area contributed by atoms with Crippen molar-refractivity contribution in [1.29, 1.82) is 0 Å². The predicted molar refractivity (Wildman–Crippen MR) is 84.5 cm³/mol. The Bertz CT molecular complexity index is 814. The van der Waals surface area contributed by atoms with E-state index in [1.807, 2.05) is 60.7 Å². The molecule has 3 aromatic rings. The van der Waals surface area contributed by atoms with Crippen LogP contribution in [0.5, 0.6) is 0 Å². The zero-order valence-electron chi connectivity index (χ0n) is 15.0. The van der Waals surface area contributed by atoms with Crippen LogP contribution in [0, 0.1) is 0 Å². The first-order valence-corrected chi connectivity index (χ1v) is 6.50. The van der Waals surface area contributed by atoms with Crippen molar-refractivity contribution in [3.05, 3.63) is 78.5 Å². The van der Waals surface area contributed by atoms with Crippen molar-refractivity contribution in [2.45, 2.75) is 13.2 Å². The van der Waals surface area contributed by atoms with Crippen molar-refractivity contribution in [3.63, 3.8) is 0 Å². The third kappa shape index (κ3) is 2.48. The van der Waals surface area contributed by atoms with E-state index in [1.165, 1.54) is 0 Å². The molecule has 1 atom stereocenters. The molecule has 2 aromatic carbocycles. The van der Waals surface area contributed by atoms with Crippen molar-refractivity contribution in [1.82, 2.24) is 4.98 Å². The van der Waals surface area contributed by atoms with Gasteiger partial charge in [0.1, 0.15) is 0 Å². The second-order valence-corrected chi connectivity index (χ2v) is 4.53. The molecule has 0 fully saturated rings. The van der Waals surface area contributed by atoms with Crippen LogP contribution in [0.25, 0.3) is 22.4 Å². The van der Waals surface area contributed by atoms with Crippen molar-refractivity contribution < 1.29 is 5.48 Å². The van der Waals surface area contributed by atoms with Crippen LogP contribution in [0.4, 0.5) is 0 Å². The summed E-state index contributed by atoms with van der Waals surface area (Å²) in [4.78, 5) is 4.48. The summed E-state index contributed by atoms with van der Waals surface area (Å²) in [5, 5.41) is 0. The van der Waals surface area contributed by atoms with Gasteiger partial charge in [0.15, 0.2) is 0 Å². The third-order valence-electron chi connectivity index (χ3n) is 3.25. The number of benzene rings is 2. The Morgan fingerprint density at radius 3 is 2.25 bits per heavy atom. The Morgan fingerprint density at radius 2 is 1.60 bits per heavy atom. The van der Waals surface area contributed by atoms with E-state index in [9.17, 15) is 0 Å². The average Bonchev–Trinajstić information content (AvgIpc) is 2.61. The van der Waals surface area contributed by atoms with E-state index in [0.29, 0.717) is 16.8 Å². The van der Waals surface area contributed by atoms with Gasteiger partial charge in [-0.15, -0.1) is 0 Å². The van der Waals surface area contributed by atoms with Crippen LogP contribution in [-0.2, 0) is 6.40 Å². The number of nitrogens with zero attached hydrogens (tertiary/aromatic N) is 1. The lowest BCUT2D eigenvalue weighted by Gasteiger charge is -2.10. The van der Waals surface area contributed by atoms with E-state index in [2.05, 4.69) is 4.98 Å². The van der Waals surface area contributed by atoms with E-state index >= 15 is 0 Å². The molecule has 98 valence electrons. The van der Waals surface area contributed by atoms with Gasteiger partial charge in [-0.3, -0.25) is 4.98 Å². The number of aromatic nitrogens is 1. The van der Waals surface area contributed by atoms with Crippen molar-refractivity contribution in [2.75, 3.05) is 0 Å². The normalized spacial score (nSPS) is 15.6. The van der Waals surface area contributed by atoms with Crippen molar-refractivity contribution >= 4 is 0 Å². The molecule has 1 heterocycles. The summed E-state index contributed by atoms with van der Waals surface area (Å²) in [5.41, 5.74) is 3.59. The number of hydrogen-bond donors (Lipinski definition) is 0. The van der Waals surface area contributed by atoms with Gasteiger partial charge >= 0.3 is 0 Å². The van der Waals surface area contributed by atoms with E-state index in [0.717, 1.165) is 11.1 Å². The number of rotatable bonds is 3. The van der Waals surface area contributed by atoms with E-state index in [1.54, 1.807) is 12.3 Å². The highest BCUT2D eigenvalue weighted by atomic mass is 14.7. The second kappa shape index (κ2) is 5.70. The molecule has 0 aliphatic heterocycles. The van der Waals surface area contributed by atoms with Crippen LogP contribution in [0.3, 0.4) is 0 Å². The van der Waals surface area contributed by atoms with Crippen LogP contribution in [0.15, 0.2) is 72.9 Å². The Hall–Kier alpha value is -2.41. The highest BCUT2D eigenvalue weighted by molar-refractivity contribution is 5.70. The SMILES string of the molecule is [2H]C(c1cc(-c2ccccc2)ncc1-c1ccccc1)C([2H])([2H])[2H]. The quantitative estimate of drug-likeness (QED) is 0.649. The van der Waals surface area contributed by atoms with Gasteiger partial charge in [0.2, 0.25) is 0 Å². The summed E-state index contributed by atoms with van der Waals surface area (Å²) in [5.74, 6) is 0. The smallest absolute Gasteiger partial charge is 0.0705 e. The monoisotopic (exact) mass is 263 g/mol. The maximum absolute atomic E-state index is 8.22. The Morgan fingerprint density at radius 1 is 0.950 bits per heavy atom. The Balaban J connectivity index is 2.16. The highest BCUT2D eigenvalue weighted by Crippen LogP contribution is 2.27. The first-order valence-electron chi connectivity index (χ1n) is 8.57. The molecule has 1 aromatic heterocycles. The standard InChI is InChI=1S/C19H17N/c1-2-15-13-19(17-11-7-4-8-12-17)20-14-18(15)16-9-5-3-6-10-16/h3-14H,2H2,1H3/i1D3,2D. The highest BCUT2D eigenvalue weighted by Gasteiger charge is 2.07. The minimum atomic E-state index is -2.39. The fourth-order valence-corrected chi connectivity index (χ4v) is 2.22. The molecule has 0 saturated heterocycles. The molecule has 0 aliphatic rings. The summed E-state index contributed by atoms with van der Waals surface area (Å²) in [6, 6.07) is 20.8. The molecule has 1 heteroatoms. The van der Waals surface area contributed by atoms with Gasteiger partial charge in [-0.1, -0.05) is 67.5 Å². The van der Waals surface area contributed by atoms with Gasteiger partial charge in [-0.25, -0.2) is 0 Å². The molecule has 0 radical (unpaired) electrons. The fourth-order valence-electron chi connectivity index (χ4n) is 2.22. The minimum Gasteiger partial charge on any atom is -0.256 e. The predicted octanol–water partition coefficient (Wildman–Crippen LogP) is 4.98. The van der Waals surface area contributed by atoms with Crippen LogP contribution < -0.4 is 0 Å². The lowest BCUT2D eigenvalue weighted by atomic mass is 9.98. The van der Waals surface area contributed by atoms with E-state index in [4.69, 9.17) is 5.48 Å². The zero-order valence-corrected chi connectivity index (χ0v) is 11.0. The molecule has 0 aliphatic carbocycles. The van der Waals surface area contributed by atoms with Crippen molar-refractivity contribution in [3.8, 4) is 22.4 Å². The lowest BCUT2D eigenvalue weighted by Crippen LogP contribution is -1.92. The third-order valence-corrected chi connectivity index (χ3v) is 3.25. The summed E-state index contributed by atoms with van der Waals surface area (Å²) in [7, 11) is 0. The first-order chi connectivity index (χ1) is 11.5. The van der Waals surface area contributed by atoms with Gasteiger partial charge in [0, 0.05) is 22.8 Å². The van der Waals surface area contributed by atoms with Gasteiger partial charge < -0.3 is 0 Å². The van der Waals surface area contributed by atoms with Crippen LogP contribution in [0.1, 0.15) is 17.9 Å². The molecule has 1 unspecified atom stereocenters. The number of pyridine rings is 1. The summed E-state index contributed by atoms with van der Waals surface area (Å²) < 4.78 is 31.1. The second-order valence-electron chi connectivity index (χ2n) is 4.53. The largest absolute Gasteiger partial charge is 0.256 e. The number of aryl methyl sites for hydroxylation is 1. The molecule has 0 bridgehead atoms. The molecule has 0 amide bonds. The van der Waals surface area contributed by atoms with E-state index in [-0.39, 0.29) is 0 Å². The minimum absolute atomic E-state index is 0.468. The molecular formula is C19H17N. The Kier molecular flexibility index (Phi) is 2.48. The zero-order chi connectivity index (χ0) is 17.2. The van der Waals surface area contributed by atoms with E-state index < -0.39 is 13.2 Å². The van der Waals surface area contributed by atoms with Crippen LogP contribution in [-0.4, -0.2) is 4.98 Å². The fraction of sp³-hybridized carbons (Fsp3) is 0.105. The molecule has 20 heavy (non-hydrogen) atoms. The van der Waals surface area contributed by atoms with Crippen LogP contribution >= 0.6 is 0 Å². The summed E-state index contributed by atoms with van der Waals surface area (Å²) in [6.45, 7) is -2.39. The maximum Gasteiger partial charge on any atom is 0.0705 e. The topological polar surface area (TPSA) is 12.9 Å². The molecular weight excluding hydrogens is 242 g/mol. The Labute approximate surface area is 125 Å². The summed E-state index contributed by atoms with van der Waals surface area (Å²) in [6.07, 6.45) is 0.346. The summed E-state index contributed by atoms with van der Waals surface area (Å²) >= 11 is 0. The lowest BCUT2D eigenvalue weighted by molar-refractivity contribution is 1.12. The molecule has 1 nitrogen and oxygen atoms in total. The maximum atomic E-state index is 8.22. The van der Waals surface area contributed by atoms with Crippen molar-refractivity contribution in [2.24, 2.45) is 0 Å². The van der Waals surface area contributed by atoms with Gasteiger partial charge in [0.05, 0.1) is 5.69 Å².